The quantitative estimate of drug-likeness (QED) is 0.288. The average molecular weight is 618 g/mol. The average Bonchev–Trinajstić information content (AvgIpc) is 3.35. The predicted molar refractivity (Wildman–Crippen MR) is 151 cm³/mol. The number of hydrogen-bond acceptors (Lipinski definition) is 12. The molecule has 1 aliphatic heterocycles. The van der Waals surface area contributed by atoms with Crippen LogP contribution in [0.15, 0.2) is 30.3 Å². The maximum Gasteiger partial charge on any atom is 0.338 e. The van der Waals surface area contributed by atoms with Crippen LogP contribution in [0.4, 0.5) is 0 Å². The molecule has 11 unspecified atom stereocenters. The summed E-state index contributed by atoms with van der Waals surface area (Å²) in [5, 5.41) is 40.4. The predicted octanol–water partition coefficient (Wildman–Crippen LogP) is -0.0842. The van der Waals surface area contributed by atoms with Gasteiger partial charge >= 0.3 is 11.9 Å². The van der Waals surface area contributed by atoms with Gasteiger partial charge in [0.25, 0.3) is 0 Å². The zero-order chi connectivity index (χ0) is 31.4. The van der Waals surface area contributed by atoms with Crippen LogP contribution in [0.1, 0.15) is 30.1 Å². The van der Waals surface area contributed by atoms with Crippen LogP contribution in [0.25, 0.3) is 0 Å². The summed E-state index contributed by atoms with van der Waals surface area (Å²) in [6.45, 7) is 1.91. The van der Waals surface area contributed by atoms with E-state index < -0.39 is 94.4 Å². The van der Waals surface area contributed by atoms with Crippen LogP contribution in [0.3, 0.4) is 0 Å². The van der Waals surface area contributed by atoms with E-state index in [9.17, 15) is 24.9 Å². The molecule has 1 saturated heterocycles. The Labute approximate surface area is 256 Å². The van der Waals surface area contributed by atoms with E-state index in [1.165, 1.54) is 14.0 Å². The Morgan fingerprint density at radius 3 is 2.34 bits per heavy atom. The van der Waals surface area contributed by atoms with E-state index in [-0.39, 0.29) is 18.9 Å². The SMILES string of the molecule is COCC12CNC3C4C(OC)C1C3(C(OC)CC2O)C1C[C@@]2(O)C(OC(=O)c3ccccc3)C1[C@]4(OC(C)=O)[C@@H](O)[C@@H]2OC. The molecule has 242 valence electrons. The lowest BCUT2D eigenvalue weighted by Gasteiger charge is -2.68. The normalized spacial score (nSPS) is 51.1. The van der Waals surface area contributed by atoms with E-state index >= 15 is 0 Å². The molecule has 44 heavy (non-hydrogen) atoms. The summed E-state index contributed by atoms with van der Waals surface area (Å²) < 4.78 is 36.9. The van der Waals surface area contributed by atoms with Crippen molar-refractivity contribution in [1.29, 1.82) is 0 Å². The minimum Gasteiger partial charge on any atom is -0.455 e. The molecule has 0 aromatic heterocycles. The molecule has 7 rings (SSSR count). The van der Waals surface area contributed by atoms with Gasteiger partial charge in [0.2, 0.25) is 0 Å². The minimum absolute atomic E-state index is 0.0693. The van der Waals surface area contributed by atoms with Gasteiger partial charge in [-0.1, -0.05) is 18.2 Å². The van der Waals surface area contributed by atoms with Crippen molar-refractivity contribution in [3.05, 3.63) is 35.9 Å². The van der Waals surface area contributed by atoms with Crippen LogP contribution in [-0.2, 0) is 33.2 Å². The molecule has 12 heteroatoms. The molecule has 4 N–H and O–H groups in total. The molecule has 1 aromatic rings. The number of carbonyl (C=O) groups is 2. The number of esters is 2. The molecule has 5 aliphatic carbocycles. The van der Waals surface area contributed by atoms with Gasteiger partial charge in [0.1, 0.15) is 23.9 Å². The first-order valence-electron chi connectivity index (χ1n) is 15.4. The van der Waals surface area contributed by atoms with Gasteiger partial charge in [0.15, 0.2) is 5.60 Å². The van der Waals surface area contributed by atoms with E-state index in [1.807, 2.05) is 0 Å². The third kappa shape index (κ3) is 3.36. The smallest absolute Gasteiger partial charge is 0.338 e. The fourth-order valence-electron chi connectivity index (χ4n) is 11.7. The van der Waals surface area contributed by atoms with E-state index in [2.05, 4.69) is 5.32 Å². The Morgan fingerprint density at radius 1 is 1.00 bits per heavy atom. The number of hydrogen-bond donors (Lipinski definition) is 4. The Kier molecular flexibility index (Phi) is 7.05. The van der Waals surface area contributed by atoms with Gasteiger partial charge in [0.05, 0.1) is 30.5 Å². The van der Waals surface area contributed by atoms with Crippen molar-refractivity contribution >= 4 is 11.9 Å². The number of ether oxygens (including phenoxy) is 6. The van der Waals surface area contributed by atoms with Crippen LogP contribution >= 0.6 is 0 Å². The van der Waals surface area contributed by atoms with Crippen LogP contribution in [0.2, 0.25) is 0 Å². The monoisotopic (exact) mass is 617 g/mol. The van der Waals surface area contributed by atoms with E-state index in [0.29, 0.717) is 18.5 Å². The van der Waals surface area contributed by atoms with Crippen molar-refractivity contribution < 1.29 is 53.3 Å². The molecule has 1 heterocycles. The molecule has 5 saturated carbocycles. The number of carbonyl (C=O) groups excluding carboxylic acids is 2. The first-order chi connectivity index (χ1) is 21.0. The maximum absolute atomic E-state index is 13.6. The number of aliphatic hydroxyl groups is 3. The lowest BCUT2D eigenvalue weighted by atomic mass is 9.43. The minimum atomic E-state index is -1.83. The van der Waals surface area contributed by atoms with Crippen molar-refractivity contribution in [2.45, 2.75) is 73.6 Å². The summed E-state index contributed by atoms with van der Waals surface area (Å²) >= 11 is 0. The molecule has 1 spiro atoms. The molecule has 1 aromatic carbocycles. The largest absolute Gasteiger partial charge is 0.455 e. The van der Waals surface area contributed by atoms with Crippen molar-refractivity contribution in [3.8, 4) is 0 Å². The molecular formula is C32H43NO11. The molecule has 7 bridgehead atoms. The molecule has 0 radical (unpaired) electrons. The molecule has 6 aliphatic rings. The number of aliphatic hydroxyl groups excluding tert-OH is 2. The van der Waals surface area contributed by atoms with Gasteiger partial charge in [-0.05, 0) is 24.5 Å². The number of piperidine rings is 1. The molecule has 12 nitrogen and oxygen atoms in total. The second-order valence-corrected chi connectivity index (χ2v) is 13.8. The Hall–Kier alpha value is -2.16. The van der Waals surface area contributed by atoms with E-state index in [1.54, 1.807) is 51.7 Å². The lowest BCUT2D eigenvalue weighted by molar-refractivity contribution is -0.310. The topological polar surface area (TPSA) is 162 Å². The van der Waals surface area contributed by atoms with Gasteiger partial charge in [0, 0.05) is 83.0 Å². The zero-order valence-electron chi connectivity index (χ0n) is 25.7. The van der Waals surface area contributed by atoms with Crippen molar-refractivity contribution in [3.63, 3.8) is 0 Å². The van der Waals surface area contributed by atoms with Crippen LogP contribution in [0, 0.1) is 34.5 Å². The number of fused-ring (bicyclic) bond motifs is 2. The molecule has 15 atom stereocenters. The van der Waals surface area contributed by atoms with Gasteiger partial charge in [-0.15, -0.1) is 0 Å². The first-order valence-corrected chi connectivity index (χ1v) is 15.4. The second-order valence-electron chi connectivity index (χ2n) is 13.8. The lowest BCUT2D eigenvalue weighted by Crippen LogP contribution is -2.81. The molecule has 6 fully saturated rings. The standard InChI is InChI=1S/C32H43NO11/c1-15(34)44-32-20-17(12-30(38,27(42-5)25(32)36)26(20)43-28(37)16-9-7-6-8-10-16)31-19(40-3)11-18(35)29(14-39-2)13-33-24(31)21(32)22(41-4)23(29)31/h6-10,17-27,33,35-36,38H,11-14H2,1-5H3/t17?,18?,19?,20?,21?,22?,23?,24?,25-,26?,27-,29?,30+,31?,32+/m0/s1. The maximum atomic E-state index is 13.6. The van der Waals surface area contributed by atoms with E-state index in [0.717, 1.165) is 0 Å². The van der Waals surface area contributed by atoms with Gasteiger partial charge in [-0.25, -0.2) is 4.79 Å². The fraction of sp³-hybridized carbons (Fsp3) is 0.750. The number of rotatable bonds is 8. The fourth-order valence-corrected chi connectivity index (χ4v) is 11.7. The van der Waals surface area contributed by atoms with Crippen LogP contribution in [-0.4, -0.2) is 123 Å². The molecule has 0 amide bonds. The van der Waals surface area contributed by atoms with Crippen molar-refractivity contribution in [2.75, 3.05) is 41.6 Å². The number of benzene rings is 1. The molecular weight excluding hydrogens is 574 g/mol. The second kappa shape index (κ2) is 10.2. The van der Waals surface area contributed by atoms with Crippen molar-refractivity contribution in [1.82, 2.24) is 5.32 Å². The highest BCUT2D eigenvalue weighted by atomic mass is 16.6. The summed E-state index contributed by atoms with van der Waals surface area (Å²) in [5.41, 5.74) is -4.81. The number of methoxy groups -OCH3 is 4. The highest BCUT2D eigenvalue weighted by Gasteiger charge is 2.91. The van der Waals surface area contributed by atoms with Gasteiger partial charge in [-0.2, -0.15) is 0 Å². The third-order valence-electron chi connectivity index (χ3n) is 12.6. The summed E-state index contributed by atoms with van der Waals surface area (Å²) in [6.07, 6.45) is -5.53. The highest BCUT2D eigenvalue weighted by Crippen LogP contribution is 2.79. The summed E-state index contributed by atoms with van der Waals surface area (Å²) in [5.74, 6) is -3.70. The van der Waals surface area contributed by atoms with Gasteiger partial charge < -0.3 is 49.1 Å². The highest BCUT2D eigenvalue weighted by molar-refractivity contribution is 5.89. The van der Waals surface area contributed by atoms with E-state index in [4.69, 9.17) is 28.4 Å². The Morgan fingerprint density at radius 2 is 1.73 bits per heavy atom. The zero-order valence-corrected chi connectivity index (χ0v) is 25.7. The first kappa shape index (κ1) is 30.5. The van der Waals surface area contributed by atoms with Crippen LogP contribution < -0.4 is 5.32 Å². The van der Waals surface area contributed by atoms with Gasteiger partial charge in [-0.3, -0.25) is 4.79 Å². The van der Waals surface area contributed by atoms with Crippen molar-refractivity contribution in [2.24, 2.45) is 34.5 Å². The summed E-state index contributed by atoms with van der Waals surface area (Å²) in [6, 6.07) is 8.08. The third-order valence-corrected chi connectivity index (χ3v) is 12.6. The van der Waals surface area contributed by atoms with Crippen LogP contribution in [0.5, 0.6) is 0 Å². The Balaban J connectivity index is 1.50. The summed E-state index contributed by atoms with van der Waals surface area (Å²) in [4.78, 5) is 26.7. The Bertz CT molecular complexity index is 1310. The summed E-state index contributed by atoms with van der Waals surface area (Å²) in [7, 11) is 6.18. The number of nitrogens with one attached hydrogen (secondary N) is 1.